The summed E-state index contributed by atoms with van der Waals surface area (Å²) < 4.78 is 0. The normalized spacial score (nSPS) is 11.0. The summed E-state index contributed by atoms with van der Waals surface area (Å²) in [5.74, 6) is 0. The summed E-state index contributed by atoms with van der Waals surface area (Å²) in [6.45, 7) is 0. The molecule has 0 saturated carbocycles. The molecule has 7 heteroatoms. The van der Waals surface area contributed by atoms with Crippen LogP contribution >= 0.6 is 11.3 Å². The number of aromatic nitrogens is 2. The Morgan fingerprint density at radius 1 is 1.21 bits per heavy atom. The molecule has 116 valence electrons. The van der Waals surface area contributed by atoms with Gasteiger partial charge >= 0.3 is 0 Å². The van der Waals surface area contributed by atoms with Crippen LogP contribution in [-0.2, 0) is 0 Å². The predicted molar refractivity (Wildman–Crippen MR) is 91.9 cm³/mol. The molecule has 3 aromatic rings. The maximum absolute atomic E-state index is 10.7. The van der Waals surface area contributed by atoms with Crippen molar-refractivity contribution in [3.8, 4) is 17.3 Å². The summed E-state index contributed by atoms with van der Waals surface area (Å²) in [7, 11) is 0. The van der Waals surface area contributed by atoms with Gasteiger partial charge in [-0.3, -0.25) is 15.1 Å². The Labute approximate surface area is 141 Å². The van der Waals surface area contributed by atoms with Crippen LogP contribution in [0.2, 0.25) is 0 Å². The lowest BCUT2D eigenvalue weighted by Crippen LogP contribution is -1.87. The fraction of sp³-hybridized carbons (Fsp3) is 0. The fourth-order valence-electron chi connectivity index (χ4n) is 2.05. The van der Waals surface area contributed by atoms with Gasteiger partial charge in [0.05, 0.1) is 16.2 Å². The summed E-state index contributed by atoms with van der Waals surface area (Å²) in [6.07, 6.45) is 5.07. The first-order valence-corrected chi connectivity index (χ1v) is 7.78. The largest absolute Gasteiger partial charge is 0.269 e. The van der Waals surface area contributed by atoms with Crippen molar-refractivity contribution in [1.29, 1.82) is 5.26 Å². The van der Waals surface area contributed by atoms with Gasteiger partial charge in [-0.2, -0.15) is 5.26 Å². The smallest absolute Gasteiger partial charge is 0.265 e. The van der Waals surface area contributed by atoms with Crippen LogP contribution < -0.4 is 0 Å². The van der Waals surface area contributed by atoms with Crippen molar-refractivity contribution < 1.29 is 4.92 Å². The minimum Gasteiger partial charge on any atom is -0.265 e. The first kappa shape index (κ1) is 15.5. The van der Waals surface area contributed by atoms with Crippen molar-refractivity contribution in [2.24, 2.45) is 0 Å². The summed E-state index contributed by atoms with van der Waals surface area (Å²) in [4.78, 5) is 18.7. The number of non-ortho nitro benzene ring substituents is 1. The number of nitro groups is 1. The minimum absolute atomic E-state index is 0.0319. The van der Waals surface area contributed by atoms with Crippen LogP contribution in [0.15, 0.2) is 54.2 Å². The van der Waals surface area contributed by atoms with Gasteiger partial charge in [0.15, 0.2) is 0 Å². The molecule has 0 aliphatic carbocycles. The number of rotatable bonds is 4. The maximum Gasteiger partial charge on any atom is 0.269 e. The molecule has 0 aliphatic heterocycles. The van der Waals surface area contributed by atoms with E-state index in [0.717, 1.165) is 11.1 Å². The van der Waals surface area contributed by atoms with E-state index in [4.69, 9.17) is 0 Å². The van der Waals surface area contributed by atoms with Crippen LogP contribution in [-0.4, -0.2) is 14.9 Å². The number of allylic oxidation sites excluding steroid dienone is 1. The topological polar surface area (TPSA) is 92.7 Å². The quantitative estimate of drug-likeness (QED) is 0.405. The van der Waals surface area contributed by atoms with Gasteiger partial charge in [-0.15, -0.1) is 11.3 Å². The van der Waals surface area contributed by atoms with Crippen LogP contribution in [0.1, 0.15) is 10.6 Å². The zero-order valence-electron chi connectivity index (χ0n) is 12.3. The third-order valence-electron chi connectivity index (χ3n) is 3.25. The molecular weight excluding hydrogens is 324 g/mol. The molecule has 1 aromatic carbocycles. The molecule has 0 N–H and O–H groups in total. The molecule has 0 amide bonds. The standard InChI is InChI=1S/C17H10N4O2S/c18-10-14(9-12-5-7-19-8-6-12)17-20-16(11-24-17)13-1-3-15(4-2-13)21(22)23/h1-9,11H/b14-9+. The summed E-state index contributed by atoms with van der Waals surface area (Å²) in [5, 5.41) is 22.5. The second-order valence-electron chi connectivity index (χ2n) is 4.79. The molecular formula is C17H10N4O2S. The number of nitrogens with zero attached hydrogens (tertiary/aromatic N) is 4. The number of benzene rings is 1. The molecule has 3 rings (SSSR count). The lowest BCUT2D eigenvalue weighted by molar-refractivity contribution is -0.384. The number of hydrogen-bond donors (Lipinski definition) is 0. The van der Waals surface area contributed by atoms with Crippen molar-refractivity contribution in [2.45, 2.75) is 0 Å². The van der Waals surface area contributed by atoms with Crippen molar-refractivity contribution in [2.75, 3.05) is 0 Å². The average molecular weight is 334 g/mol. The monoisotopic (exact) mass is 334 g/mol. The Balaban J connectivity index is 1.91. The highest BCUT2D eigenvalue weighted by Crippen LogP contribution is 2.28. The molecule has 0 bridgehead atoms. The first-order valence-electron chi connectivity index (χ1n) is 6.90. The van der Waals surface area contributed by atoms with E-state index in [2.05, 4.69) is 16.0 Å². The van der Waals surface area contributed by atoms with Gasteiger partial charge in [-0.05, 0) is 35.9 Å². The lowest BCUT2D eigenvalue weighted by atomic mass is 10.1. The van der Waals surface area contributed by atoms with Gasteiger partial charge in [0.2, 0.25) is 0 Å². The zero-order chi connectivity index (χ0) is 16.9. The molecule has 0 spiro atoms. The Kier molecular flexibility index (Phi) is 4.40. The van der Waals surface area contributed by atoms with E-state index in [1.165, 1.54) is 23.5 Å². The van der Waals surface area contributed by atoms with Crippen LogP contribution in [0.5, 0.6) is 0 Å². The SMILES string of the molecule is N#C/C(=C\c1ccncc1)c1nc(-c2ccc([N+](=O)[O-])cc2)cs1. The Hall–Kier alpha value is -3.37. The fourth-order valence-corrected chi connectivity index (χ4v) is 2.85. The van der Waals surface area contributed by atoms with E-state index in [-0.39, 0.29) is 5.69 Å². The number of pyridine rings is 1. The Morgan fingerprint density at radius 3 is 2.54 bits per heavy atom. The molecule has 24 heavy (non-hydrogen) atoms. The highest BCUT2D eigenvalue weighted by molar-refractivity contribution is 7.11. The van der Waals surface area contributed by atoms with E-state index in [1.54, 1.807) is 30.6 Å². The minimum atomic E-state index is -0.443. The second-order valence-corrected chi connectivity index (χ2v) is 5.65. The van der Waals surface area contributed by atoms with Crippen molar-refractivity contribution in [1.82, 2.24) is 9.97 Å². The molecule has 0 unspecified atom stereocenters. The van der Waals surface area contributed by atoms with Crippen LogP contribution in [0.4, 0.5) is 5.69 Å². The Bertz CT molecular complexity index is 941. The van der Waals surface area contributed by atoms with Crippen LogP contribution in [0.25, 0.3) is 22.9 Å². The molecule has 2 heterocycles. The van der Waals surface area contributed by atoms with Crippen molar-refractivity contribution in [3.63, 3.8) is 0 Å². The molecule has 6 nitrogen and oxygen atoms in total. The lowest BCUT2D eigenvalue weighted by Gasteiger charge is -1.97. The van der Waals surface area contributed by atoms with Crippen LogP contribution in [0, 0.1) is 21.4 Å². The van der Waals surface area contributed by atoms with E-state index in [0.29, 0.717) is 16.3 Å². The van der Waals surface area contributed by atoms with E-state index >= 15 is 0 Å². The number of thiazole rings is 1. The van der Waals surface area contributed by atoms with E-state index < -0.39 is 4.92 Å². The van der Waals surface area contributed by atoms with E-state index in [9.17, 15) is 15.4 Å². The maximum atomic E-state index is 10.7. The van der Waals surface area contributed by atoms with Gasteiger partial charge in [0.1, 0.15) is 11.1 Å². The summed E-state index contributed by atoms with van der Waals surface area (Å²) in [6, 6.07) is 11.9. The molecule has 2 aromatic heterocycles. The molecule has 0 saturated heterocycles. The average Bonchev–Trinajstić information content (AvgIpc) is 3.10. The molecule has 0 atom stereocenters. The van der Waals surface area contributed by atoms with Gasteiger partial charge in [-0.1, -0.05) is 0 Å². The number of nitro benzene ring substituents is 1. The second kappa shape index (κ2) is 6.81. The highest BCUT2D eigenvalue weighted by Gasteiger charge is 2.11. The van der Waals surface area contributed by atoms with Crippen LogP contribution in [0.3, 0.4) is 0 Å². The molecule has 0 aliphatic rings. The Morgan fingerprint density at radius 2 is 1.92 bits per heavy atom. The molecule has 0 radical (unpaired) electrons. The van der Waals surface area contributed by atoms with Gasteiger partial charge in [0.25, 0.3) is 5.69 Å². The highest BCUT2D eigenvalue weighted by atomic mass is 32.1. The van der Waals surface area contributed by atoms with E-state index in [1.807, 2.05) is 17.5 Å². The third kappa shape index (κ3) is 3.34. The van der Waals surface area contributed by atoms with Gasteiger partial charge in [-0.25, -0.2) is 4.98 Å². The first-order chi connectivity index (χ1) is 11.7. The number of nitriles is 1. The summed E-state index contributed by atoms with van der Waals surface area (Å²) >= 11 is 1.36. The van der Waals surface area contributed by atoms with Crippen molar-refractivity contribution in [3.05, 3.63) is 74.9 Å². The molecule has 0 fully saturated rings. The van der Waals surface area contributed by atoms with Gasteiger partial charge < -0.3 is 0 Å². The zero-order valence-corrected chi connectivity index (χ0v) is 13.1. The predicted octanol–water partition coefficient (Wildman–Crippen LogP) is 4.18. The van der Waals surface area contributed by atoms with Crippen molar-refractivity contribution >= 4 is 28.7 Å². The number of hydrogen-bond acceptors (Lipinski definition) is 6. The third-order valence-corrected chi connectivity index (χ3v) is 4.12. The van der Waals surface area contributed by atoms with Gasteiger partial charge in [0, 0.05) is 35.5 Å². The summed E-state index contributed by atoms with van der Waals surface area (Å²) in [5.41, 5.74) is 2.81.